The molecule has 1 rings (SSSR count). The Bertz CT molecular complexity index is 300. The topological polar surface area (TPSA) is 58.6 Å². The second kappa shape index (κ2) is 6.16. The summed E-state index contributed by atoms with van der Waals surface area (Å²) < 4.78 is 0. The van der Waals surface area contributed by atoms with Crippen molar-refractivity contribution in [2.24, 2.45) is 5.92 Å². The van der Waals surface area contributed by atoms with Gasteiger partial charge in [0.15, 0.2) is 0 Å². The number of aliphatic hydroxyl groups is 1. The van der Waals surface area contributed by atoms with Crippen LogP contribution in [0.25, 0.3) is 0 Å². The molecular weight excluding hydrogens is 194 g/mol. The van der Waals surface area contributed by atoms with Crippen LogP contribution in [0.2, 0.25) is 0 Å². The minimum atomic E-state index is -0.444. The average molecular weight is 209 g/mol. The summed E-state index contributed by atoms with van der Waals surface area (Å²) in [5, 5.41) is 8.71. The lowest BCUT2D eigenvalue weighted by atomic mass is 10.2. The average Bonchev–Trinajstić information content (AvgIpc) is 2.29. The minimum Gasteiger partial charge on any atom is -0.396 e. The van der Waals surface area contributed by atoms with Crippen LogP contribution in [0.1, 0.15) is 12.5 Å². The quantitative estimate of drug-likeness (QED) is 0.707. The number of aliphatic hydroxyl groups excluding tert-OH is 1. The van der Waals surface area contributed by atoms with Gasteiger partial charge in [0, 0.05) is 0 Å². The van der Waals surface area contributed by atoms with E-state index in [0.717, 1.165) is 5.56 Å². The van der Waals surface area contributed by atoms with Crippen molar-refractivity contribution in [1.82, 2.24) is 5.48 Å². The lowest BCUT2D eigenvalue weighted by Gasteiger charge is -2.09. The van der Waals surface area contributed by atoms with Crippen LogP contribution in [0.4, 0.5) is 0 Å². The Hall–Kier alpha value is -1.39. The van der Waals surface area contributed by atoms with Crippen molar-refractivity contribution in [3.8, 4) is 0 Å². The molecule has 1 unspecified atom stereocenters. The summed E-state index contributed by atoms with van der Waals surface area (Å²) in [5.74, 6) is -0.755. The Morgan fingerprint density at radius 1 is 1.47 bits per heavy atom. The molecule has 0 aromatic heterocycles. The van der Waals surface area contributed by atoms with Crippen LogP contribution in [0.5, 0.6) is 0 Å². The minimum absolute atomic E-state index is 0.180. The Kier molecular flexibility index (Phi) is 4.80. The molecule has 0 aliphatic heterocycles. The van der Waals surface area contributed by atoms with E-state index in [0.29, 0.717) is 6.61 Å². The van der Waals surface area contributed by atoms with Crippen LogP contribution >= 0.6 is 0 Å². The molecule has 0 bridgehead atoms. The molecule has 1 aromatic carbocycles. The summed E-state index contributed by atoms with van der Waals surface area (Å²) in [5.41, 5.74) is 3.26. The molecule has 0 heterocycles. The maximum absolute atomic E-state index is 11.2. The molecule has 82 valence electrons. The number of nitrogens with one attached hydrogen (secondary N) is 1. The Morgan fingerprint density at radius 2 is 2.13 bits per heavy atom. The maximum Gasteiger partial charge on any atom is 0.248 e. The van der Waals surface area contributed by atoms with E-state index < -0.39 is 5.92 Å². The first kappa shape index (κ1) is 11.7. The van der Waals surface area contributed by atoms with E-state index in [9.17, 15) is 4.79 Å². The summed E-state index contributed by atoms with van der Waals surface area (Å²) >= 11 is 0. The summed E-state index contributed by atoms with van der Waals surface area (Å²) in [6.45, 7) is 1.77. The second-order valence-electron chi connectivity index (χ2n) is 3.32. The zero-order valence-electron chi connectivity index (χ0n) is 8.64. The Balaban J connectivity index is 2.25. The first-order chi connectivity index (χ1) is 7.24. The lowest BCUT2D eigenvalue weighted by Crippen LogP contribution is -2.30. The fourth-order valence-corrected chi connectivity index (χ4v) is 0.948. The third-order valence-electron chi connectivity index (χ3n) is 1.98. The van der Waals surface area contributed by atoms with Gasteiger partial charge in [-0.25, -0.2) is 5.48 Å². The molecule has 2 N–H and O–H groups in total. The largest absolute Gasteiger partial charge is 0.396 e. The highest BCUT2D eigenvalue weighted by Gasteiger charge is 2.10. The van der Waals surface area contributed by atoms with Gasteiger partial charge in [-0.15, -0.1) is 0 Å². The zero-order chi connectivity index (χ0) is 11.1. The third kappa shape index (κ3) is 4.10. The third-order valence-corrected chi connectivity index (χ3v) is 1.98. The van der Waals surface area contributed by atoms with Crippen LogP contribution in [0, 0.1) is 5.92 Å². The Labute approximate surface area is 88.8 Å². The van der Waals surface area contributed by atoms with Gasteiger partial charge < -0.3 is 5.11 Å². The van der Waals surface area contributed by atoms with Gasteiger partial charge in [0.2, 0.25) is 5.91 Å². The molecule has 0 fully saturated rings. The SMILES string of the molecule is CC(CO)C(=O)NOCc1ccccc1. The maximum atomic E-state index is 11.2. The molecule has 0 spiro atoms. The van der Waals surface area contributed by atoms with E-state index in [1.54, 1.807) is 6.92 Å². The van der Waals surface area contributed by atoms with Crippen molar-refractivity contribution >= 4 is 5.91 Å². The molecule has 15 heavy (non-hydrogen) atoms. The predicted octanol–water partition coefficient (Wildman–Crippen LogP) is 0.863. The van der Waals surface area contributed by atoms with Gasteiger partial charge in [-0.05, 0) is 5.56 Å². The van der Waals surface area contributed by atoms with E-state index in [1.165, 1.54) is 0 Å². The number of rotatable bonds is 5. The van der Waals surface area contributed by atoms with Crippen LogP contribution in [0.3, 0.4) is 0 Å². The van der Waals surface area contributed by atoms with Gasteiger partial charge in [-0.3, -0.25) is 9.63 Å². The van der Waals surface area contributed by atoms with Crippen molar-refractivity contribution in [2.75, 3.05) is 6.61 Å². The molecule has 1 amide bonds. The number of hydroxylamine groups is 1. The van der Waals surface area contributed by atoms with Crippen molar-refractivity contribution in [3.63, 3.8) is 0 Å². The number of hydrogen-bond acceptors (Lipinski definition) is 3. The molecular formula is C11H15NO3. The molecule has 0 saturated heterocycles. The van der Waals surface area contributed by atoms with E-state index in [2.05, 4.69) is 5.48 Å². The first-order valence-corrected chi connectivity index (χ1v) is 4.80. The number of hydrogen-bond donors (Lipinski definition) is 2. The van der Waals surface area contributed by atoms with Crippen LogP contribution < -0.4 is 5.48 Å². The highest BCUT2D eigenvalue weighted by atomic mass is 16.6. The van der Waals surface area contributed by atoms with E-state index in [1.807, 2.05) is 30.3 Å². The van der Waals surface area contributed by atoms with Crippen molar-refractivity contribution in [3.05, 3.63) is 35.9 Å². The molecule has 0 radical (unpaired) electrons. The normalized spacial score (nSPS) is 12.1. The van der Waals surface area contributed by atoms with Gasteiger partial charge >= 0.3 is 0 Å². The summed E-state index contributed by atoms with van der Waals surface area (Å²) in [4.78, 5) is 16.2. The molecule has 0 saturated carbocycles. The molecule has 0 aliphatic carbocycles. The fourth-order valence-electron chi connectivity index (χ4n) is 0.948. The smallest absolute Gasteiger partial charge is 0.248 e. The number of carbonyl (C=O) groups is 1. The number of benzene rings is 1. The summed E-state index contributed by atoms with van der Waals surface area (Å²) in [7, 11) is 0. The highest BCUT2D eigenvalue weighted by Crippen LogP contribution is 1.99. The van der Waals surface area contributed by atoms with Gasteiger partial charge in [-0.1, -0.05) is 37.3 Å². The van der Waals surface area contributed by atoms with E-state index in [4.69, 9.17) is 9.94 Å². The molecule has 1 aromatic rings. The number of amides is 1. The van der Waals surface area contributed by atoms with E-state index in [-0.39, 0.29) is 12.5 Å². The summed E-state index contributed by atoms with van der Waals surface area (Å²) in [6, 6.07) is 9.52. The molecule has 4 nitrogen and oxygen atoms in total. The number of carbonyl (C=O) groups excluding carboxylic acids is 1. The lowest BCUT2D eigenvalue weighted by molar-refractivity contribution is -0.139. The van der Waals surface area contributed by atoms with Gasteiger partial charge in [0.25, 0.3) is 0 Å². The van der Waals surface area contributed by atoms with Crippen LogP contribution in [-0.4, -0.2) is 17.6 Å². The van der Waals surface area contributed by atoms with Crippen molar-refractivity contribution in [2.45, 2.75) is 13.5 Å². The summed E-state index contributed by atoms with van der Waals surface area (Å²) in [6.07, 6.45) is 0. The highest BCUT2D eigenvalue weighted by molar-refractivity contribution is 5.77. The fraction of sp³-hybridized carbons (Fsp3) is 0.364. The molecule has 0 aliphatic rings. The standard InChI is InChI=1S/C11H15NO3/c1-9(7-13)11(14)12-15-8-10-5-3-2-4-6-10/h2-6,9,13H,7-8H2,1H3,(H,12,14). The van der Waals surface area contributed by atoms with Crippen LogP contribution in [0.15, 0.2) is 30.3 Å². The Morgan fingerprint density at radius 3 is 2.73 bits per heavy atom. The van der Waals surface area contributed by atoms with Crippen molar-refractivity contribution < 1.29 is 14.7 Å². The first-order valence-electron chi connectivity index (χ1n) is 4.80. The molecule has 4 heteroatoms. The van der Waals surface area contributed by atoms with Crippen LogP contribution in [-0.2, 0) is 16.2 Å². The van der Waals surface area contributed by atoms with Gasteiger partial charge in [-0.2, -0.15) is 0 Å². The molecule has 1 atom stereocenters. The van der Waals surface area contributed by atoms with Gasteiger partial charge in [0.1, 0.15) is 0 Å². The monoisotopic (exact) mass is 209 g/mol. The predicted molar refractivity (Wildman–Crippen MR) is 55.6 cm³/mol. The van der Waals surface area contributed by atoms with Gasteiger partial charge in [0.05, 0.1) is 19.1 Å². The zero-order valence-corrected chi connectivity index (χ0v) is 8.64. The van der Waals surface area contributed by atoms with E-state index >= 15 is 0 Å². The van der Waals surface area contributed by atoms with Crippen molar-refractivity contribution in [1.29, 1.82) is 0 Å². The second-order valence-corrected chi connectivity index (χ2v) is 3.32.